The molecule has 1 aliphatic rings. The van der Waals surface area contributed by atoms with Crippen molar-refractivity contribution in [1.82, 2.24) is 9.80 Å². The van der Waals surface area contributed by atoms with E-state index >= 15 is 0 Å². The van der Waals surface area contributed by atoms with Crippen molar-refractivity contribution in [2.75, 3.05) is 20.7 Å². The van der Waals surface area contributed by atoms with E-state index in [1.807, 2.05) is 44.2 Å². The smallest absolute Gasteiger partial charge is 0.261 e. The number of carbonyl (C=O) groups excluding carboxylic acids is 3. The van der Waals surface area contributed by atoms with Crippen LogP contribution < -0.4 is 4.74 Å². The van der Waals surface area contributed by atoms with Gasteiger partial charge in [0.2, 0.25) is 5.91 Å². The average molecular weight is 380 g/mol. The van der Waals surface area contributed by atoms with E-state index in [-0.39, 0.29) is 36.7 Å². The van der Waals surface area contributed by atoms with Gasteiger partial charge in [-0.05, 0) is 43.7 Å². The number of rotatable bonds is 6. The van der Waals surface area contributed by atoms with Crippen LogP contribution in [0.1, 0.15) is 51.2 Å². The SMILES string of the molecule is COc1ccc(C(C)N(C)C(=O)CCN2C(=O)c3ccc(C)cc3C2=O)cc1. The molecule has 28 heavy (non-hydrogen) atoms. The number of ether oxygens (including phenoxy) is 1. The van der Waals surface area contributed by atoms with Crippen molar-refractivity contribution in [2.45, 2.75) is 26.3 Å². The summed E-state index contributed by atoms with van der Waals surface area (Å²) in [5.41, 5.74) is 2.72. The van der Waals surface area contributed by atoms with Crippen molar-refractivity contribution in [3.8, 4) is 5.75 Å². The molecule has 1 unspecified atom stereocenters. The fourth-order valence-electron chi connectivity index (χ4n) is 3.31. The fraction of sp³-hybridized carbons (Fsp3) is 0.318. The second kappa shape index (κ2) is 7.84. The predicted octanol–water partition coefficient (Wildman–Crippen LogP) is 3.21. The predicted molar refractivity (Wildman–Crippen MR) is 105 cm³/mol. The van der Waals surface area contributed by atoms with Gasteiger partial charge in [0.15, 0.2) is 0 Å². The van der Waals surface area contributed by atoms with Gasteiger partial charge in [0.25, 0.3) is 11.8 Å². The van der Waals surface area contributed by atoms with Gasteiger partial charge in [-0.2, -0.15) is 0 Å². The van der Waals surface area contributed by atoms with Gasteiger partial charge in [0.05, 0.1) is 24.3 Å². The molecule has 0 N–H and O–H groups in total. The standard InChI is InChI=1S/C22H24N2O4/c1-14-5-10-18-19(13-14)22(27)24(21(18)26)12-11-20(25)23(3)15(2)16-6-8-17(28-4)9-7-16/h5-10,13,15H,11-12H2,1-4H3. The van der Waals surface area contributed by atoms with E-state index in [9.17, 15) is 14.4 Å². The van der Waals surface area contributed by atoms with E-state index in [1.54, 1.807) is 31.2 Å². The summed E-state index contributed by atoms with van der Waals surface area (Å²) in [6.07, 6.45) is 0.0848. The fourth-order valence-corrected chi connectivity index (χ4v) is 3.31. The Bertz CT molecular complexity index is 921. The number of aryl methyl sites for hydroxylation is 1. The van der Waals surface area contributed by atoms with Crippen LogP contribution in [0.3, 0.4) is 0 Å². The number of benzene rings is 2. The molecule has 3 rings (SSSR count). The molecule has 0 aliphatic carbocycles. The molecule has 146 valence electrons. The molecular weight excluding hydrogens is 356 g/mol. The van der Waals surface area contributed by atoms with Crippen LogP contribution in [0.15, 0.2) is 42.5 Å². The monoisotopic (exact) mass is 380 g/mol. The molecule has 1 atom stereocenters. The highest BCUT2D eigenvalue weighted by Crippen LogP contribution is 2.25. The highest BCUT2D eigenvalue weighted by atomic mass is 16.5. The van der Waals surface area contributed by atoms with Gasteiger partial charge in [-0.3, -0.25) is 19.3 Å². The zero-order valence-corrected chi connectivity index (χ0v) is 16.6. The van der Waals surface area contributed by atoms with E-state index in [1.165, 1.54) is 0 Å². The van der Waals surface area contributed by atoms with Gasteiger partial charge < -0.3 is 9.64 Å². The Labute approximate surface area is 164 Å². The van der Waals surface area contributed by atoms with Crippen LogP contribution >= 0.6 is 0 Å². The summed E-state index contributed by atoms with van der Waals surface area (Å²) in [5.74, 6) is -0.0390. The first-order valence-corrected chi connectivity index (χ1v) is 9.20. The molecule has 6 heteroatoms. The van der Waals surface area contributed by atoms with Crippen molar-refractivity contribution >= 4 is 17.7 Å². The lowest BCUT2D eigenvalue weighted by atomic mass is 10.1. The molecule has 3 amide bonds. The minimum absolute atomic E-state index is 0.0733. The first-order valence-electron chi connectivity index (χ1n) is 9.20. The Morgan fingerprint density at radius 2 is 1.71 bits per heavy atom. The Kier molecular flexibility index (Phi) is 5.49. The van der Waals surface area contributed by atoms with Gasteiger partial charge in [0.1, 0.15) is 5.75 Å². The Hall–Kier alpha value is -3.15. The van der Waals surface area contributed by atoms with Crippen LogP contribution in [-0.2, 0) is 4.79 Å². The lowest BCUT2D eigenvalue weighted by Crippen LogP contribution is -2.36. The molecule has 0 bridgehead atoms. The van der Waals surface area contributed by atoms with Crippen molar-refractivity contribution in [3.05, 3.63) is 64.7 Å². The number of fused-ring (bicyclic) bond motifs is 1. The largest absolute Gasteiger partial charge is 0.497 e. The molecule has 2 aromatic carbocycles. The Balaban J connectivity index is 1.63. The number of carbonyl (C=O) groups is 3. The maximum absolute atomic E-state index is 12.6. The number of imide groups is 1. The molecule has 0 spiro atoms. The molecule has 0 saturated heterocycles. The third kappa shape index (κ3) is 3.63. The zero-order chi connectivity index (χ0) is 20.4. The maximum atomic E-state index is 12.6. The summed E-state index contributed by atoms with van der Waals surface area (Å²) < 4.78 is 5.16. The molecule has 0 saturated carbocycles. The van der Waals surface area contributed by atoms with Gasteiger partial charge >= 0.3 is 0 Å². The van der Waals surface area contributed by atoms with Gasteiger partial charge in [-0.15, -0.1) is 0 Å². The van der Waals surface area contributed by atoms with Crippen molar-refractivity contribution in [2.24, 2.45) is 0 Å². The third-order valence-electron chi connectivity index (χ3n) is 5.25. The summed E-state index contributed by atoms with van der Waals surface area (Å²) >= 11 is 0. The number of amides is 3. The number of methoxy groups -OCH3 is 1. The van der Waals surface area contributed by atoms with Crippen molar-refractivity contribution in [3.63, 3.8) is 0 Å². The highest BCUT2D eigenvalue weighted by molar-refractivity contribution is 6.21. The summed E-state index contributed by atoms with van der Waals surface area (Å²) in [6.45, 7) is 3.88. The summed E-state index contributed by atoms with van der Waals surface area (Å²) in [4.78, 5) is 40.4. The highest BCUT2D eigenvalue weighted by Gasteiger charge is 2.35. The minimum atomic E-state index is -0.335. The second-order valence-corrected chi connectivity index (χ2v) is 7.01. The quantitative estimate of drug-likeness (QED) is 0.722. The number of hydrogen-bond acceptors (Lipinski definition) is 4. The van der Waals surface area contributed by atoms with Gasteiger partial charge in [-0.1, -0.05) is 23.8 Å². The second-order valence-electron chi connectivity index (χ2n) is 7.01. The zero-order valence-electron chi connectivity index (χ0n) is 16.6. The maximum Gasteiger partial charge on any atom is 0.261 e. The molecular formula is C22H24N2O4. The third-order valence-corrected chi connectivity index (χ3v) is 5.25. The normalized spacial score (nSPS) is 14.1. The Morgan fingerprint density at radius 1 is 1.07 bits per heavy atom. The first-order chi connectivity index (χ1) is 13.3. The van der Waals surface area contributed by atoms with E-state index in [2.05, 4.69) is 0 Å². The summed E-state index contributed by atoms with van der Waals surface area (Å²) in [6, 6.07) is 12.6. The molecule has 0 aromatic heterocycles. The lowest BCUT2D eigenvalue weighted by molar-refractivity contribution is -0.131. The minimum Gasteiger partial charge on any atom is -0.497 e. The van der Waals surface area contributed by atoms with Crippen LogP contribution in [0, 0.1) is 6.92 Å². The van der Waals surface area contributed by atoms with Gasteiger partial charge in [-0.25, -0.2) is 0 Å². The Morgan fingerprint density at radius 3 is 2.36 bits per heavy atom. The van der Waals surface area contributed by atoms with Crippen LogP contribution in [0.4, 0.5) is 0 Å². The summed E-state index contributed by atoms with van der Waals surface area (Å²) in [7, 11) is 3.33. The van der Waals surface area contributed by atoms with Crippen LogP contribution in [0.25, 0.3) is 0 Å². The van der Waals surface area contributed by atoms with E-state index < -0.39 is 0 Å². The molecule has 0 fully saturated rings. The van der Waals surface area contributed by atoms with E-state index in [4.69, 9.17) is 4.74 Å². The van der Waals surface area contributed by atoms with E-state index in [0.29, 0.717) is 11.1 Å². The van der Waals surface area contributed by atoms with Crippen LogP contribution in [0.2, 0.25) is 0 Å². The van der Waals surface area contributed by atoms with Crippen molar-refractivity contribution in [1.29, 1.82) is 0 Å². The molecule has 1 heterocycles. The molecule has 1 aliphatic heterocycles. The summed E-state index contributed by atoms with van der Waals surface area (Å²) in [5, 5.41) is 0. The first kappa shape index (κ1) is 19.6. The number of hydrogen-bond donors (Lipinski definition) is 0. The topological polar surface area (TPSA) is 66.9 Å². The molecule has 0 radical (unpaired) electrons. The van der Waals surface area contributed by atoms with Crippen LogP contribution in [-0.4, -0.2) is 48.2 Å². The van der Waals surface area contributed by atoms with E-state index in [0.717, 1.165) is 21.8 Å². The number of nitrogens with zero attached hydrogens (tertiary/aromatic N) is 2. The van der Waals surface area contributed by atoms with Crippen LogP contribution in [0.5, 0.6) is 5.75 Å². The molecule has 6 nitrogen and oxygen atoms in total. The van der Waals surface area contributed by atoms with Gasteiger partial charge in [0, 0.05) is 20.0 Å². The lowest BCUT2D eigenvalue weighted by Gasteiger charge is -2.26. The molecule has 2 aromatic rings. The average Bonchev–Trinajstić information content (AvgIpc) is 2.94. The van der Waals surface area contributed by atoms with Crippen molar-refractivity contribution < 1.29 is 19.1 Å².